The second-order valence-corrected chi connectivity index (χ2v) is 5.15. The van der Waals surface area contributed by atoms with E-state index in [9.17, 15) is 10.1 Å². The van der Waals surface area contributed by atoms with Crippen molar-refractivity contribution in [2.75, 3.05) is 11.1 Å². The number of nitrogens with zero attached hydrogens (tertiary/aromatic N) is 3. The molecule has 0 bridgehead atoms. The maximum atomic E-state index is 10.9. The lowest BCUT2D eigenvalue weighted by atomic mass is 10.3. The Labute approximate surface area is 124 Å². The minimum absolute atomic E-state index is 0.0325. The number of halogens is 2. The number of nitrogens with two attached hydrogens (primary N) is 1. The average Bonchev–Trinajstić information content (AvgIpc) is 2.33. The van der Waals surface area contributed by atoms with Crippen LogP contribution in [0, 0.1) is 10.1 Å². The number of nitro groups is 1. The van der Waals surface area contributed by atoms with Gasteiger partial charge in [0, 0.05) is 8.95 Å². The Morgan fingerprint density at radius 1 is 1.32 bits per heavy atom. The molecule has 1 aromatic carbocycles. The molecule has 2 rings (SSSR count). The zero-order valence-corrected chi connectivity index (χ0v) is 12.5. The molecule has 19 heavy (non-hydrogen) atoms. The van der Waals surface area contributed by atoms with Crippen LogP contribution in [0.25, 0.3) is 0 Å². The summed E-state index contributed by atoms with van der Waals surface area (Å²) in [5.41, 5.74) is 5.81. The number of anilines is 3. The van der Waals surface area contributed by atoms with Gasteiger partial charge in [0.05, 0.1) is 10.6 Å². The smallest absolute Gasteiger partial charge is 0.329 e. The maximum absolute atomic E-state index is 10.9. The van der Waals surface area contributed by atoms with Crippen molar-refractivity contribution in [3.8, 4) is 0 Å². The minimum Gasteiger partial charge on any atom is -0.368 e. The molecular weight excluding hydrogens is 382 g/mol. The van der Waals surface area contributed by atoms with Crippen molar-refractivity contribution in [1.29, 1.82) is 0 Å². The van der Waals surface area contributed by atoms with Gasteiger partial charge in [-0.25, -0.2) is 4.98 Å². The molecule has 0 unspecified atom stereocenters. The second-order valence-electron chi connectivity index (χ2n) is 3.44. The highest BCUT2D eigenvalue weighted by atomic mass is 79.9. The zero-order chi connectivity index (χ0) is 14.0. The first-order valence-corrected chi connectivity index (χ1v) is 6.55. The van der Waals surface area contributed by atoms with Crippen LogP contribution >= 0.6 is 31.9 Å². The monoisotopic (exact) mass is 387 g/mol. The number of nitrogen functional groups attached to an aromatic ring is 1. The fourth-order valence-electron chi connectivity index (χ4n) is 1.35. The highest BCUT2D eigenvalue weighted by Crippen LogP contribution is 2.35. The molecule has 98 valence electrons. The molecule has 0 spiro atoms. The molecule has 0 aliphatic carbocycles. The molecule has 0 saturated carbocycles. The van der Waals surface area contributed by atoms with E-state index in [1.165, 1.54) is 0 Å². The lowest BCUT2D eigenvalue weighted by Gasteiger charge is -2.10. The van der Waals surface area contributed by atoms with E-state index < -0.39 is 4.92 Å². The average molecular weight is 389 g/mol. The normalized spacial score (nSPS) is 10.2. The van der Waals surface area contributed by atoms with Crippen LogP contribution in [-0.4, -0.2) is 14.9 Å². The van der Waals surface area contributed by atoms with E-state index in [-0.39, 0.29) is 17.5 Å². The number of benzene rings is 1. The number of para-hydroxylation sites is 1. The fraction of sp³-hybridized carbons (Fsp3) is 0. The van der Waals surface area contributed by atoms with E-state index >= 15 is 0 Å². The molecule has 7 nitrogen and oxygen atoms in total. The van der Waals surface area contributed by atoms with Crippen molar-refractivity contribution in [3.05, 3.63) is 43.5 Å². The van der Waals surface area contributed by atoms with Gasteiger partial charge in [0.25, 0.3) is 0 Å². The van der Waals surface area contributed by atoms with Crippen LogP contribution in [0.3, 0.4) is 0 Å². The number of rotatable bonds is 3. The summed E-state index contributed by atoms with van der Waals surface area (Å²) in [6, 6.07) is 5.41. The van der Waals surface area contributed by atoms with Crippen molar-refractivity contribution in [2.45, 2.75) is 0 Å². The van der Waals surface area contributed by atoms with Gasteiger partial charge in [-0.1, -0.05) is 6.07 Å². The van der Waals surface area contributed by atoms with E-state index in [0.717, 1.165) is 15.1 Å². The molecule has 0 fully saturated rings. The molecular formula is C10H7Br2N5O2. The molecule has 1 aromatic heterocycles. The highest BCUT2D eigenvalue weighted by molar-refractivity contribution is 9.11. The van der Waals surface area contributed by atoms with E-state index in [1.54, 1.807) is 12.1 Å². The summed E-state index contributed by atoms with van der Waals surface area (Å²) >= 11 is 6.70. The highest BCUT2D eigenvalue weighted by Gasteiger charge is 2.18. The van der Waals surface area contributed by atoms with Crippen LogP contribution in [0.5, 0.6) is 0 Å². The third-order valence-electron chi connectivity index (χ3n) is 2.19. The van der Waals surface area contributed by atoms with E-state index in [2.05, 4.69) is 47.1 Å². The number of nitrogens with one attached hydrogen (secondary N) is 1. The Morgan fingerprint density at radius 3 is 2.53 bits per heavy atom. The Hall–Kier alpha value is -1.74. The summed E-state index contributed by atoms with van der Waals surface area (Å²) in [5.74, 6) is -0.0126. The summed E-state index contributed by atoms with van der Waals surface area (Å²) in [7, 11) is 0. The number of hydrogen-bond donors (Lipinski definition) is 2. The molecule has 2 aromatic rings. The quantitative estimate of drug-likeness (QED) is 0.617. The van der Waals surface area contributed by atoms with Crippen LogP contribution in [0.2, 0.25) is 0 Å². The van der Waals surface area contributed by atoms with Gasteiger partial charge in [0.1, 0.15) is 6.20 Å². The van der Waals surface area contributed by atoms with Gasteiger partial charge in [-0.15, -0.1) is 0 Å². The molecule has 0 aliphatic rings. The Bertz CT molecular complexity index is 630. The van der Waals surface area contributed by atoms with Gasteiger partial charge in [-0.2, -0.15) is 4.98 Å². The summed E-state index contributed by atoms with van der Waals surface area (Å²) in [6.07, 6.45) is 1.06. The third kappa shape index (κ3) is 2.99. The van der Waals surface area contributed by atoms with Gasteiger partial charge in [-0.05, 0) is 44.0 Å². The van der Waals surface area contributed by atoms with Crippen LogP contribution in [0.1, 0.15) is 0 Å². The first-order chi connectivity index (χ1) is 8.99. The lowest BCUT2D eigenvalue weighted by Crippen LogP contribution is -2.04. The predicted octanol–water partition coefficient (Wildman–Crippen LogP) is 3.24. The zero-order valence-electron chi connectivity index (χ0n) is 9.30. The van der Waals surface area contributed by atoms with Crippen LogP contribution in [-0.2, 0) is 0 Å². The molecule has 0 saturated heterocycles. The van der Waals surface area contributed by atoms with Gasteiger partial charge >= 0.3 is 5.69 Å². The minimum atomic E-state index is -0.577. The molecule has 0 aliphatic heterocycles. The lowest BCUT2D eigenvalue weighted by molar-refractivity contribution is -0.384. The van der Waals surface area contributed by atoms with Crippen LogP contribution < -0.4 is 11.1 Å². The first-order valence-electron chi connectivity index (χ1n) is 4.97. The topological polar surface area (TPSA) is 107 Å². The summed E-state index contributed by atoms with van der Waals surface area (Å²) in [6.45, 7) is 0. The summed E-state index contributed by atoms with van der Waals surface area (Å²) in [4.78, 5) is 17.8. The predicted molar refractivity (Wildman–Crippen MR) is 78.2 cm³/mol. The van der Waals surface area contributed by atoms with Crippen molar-refractivity contribution >= 4 is 55.0 Å². The maximum Gasteiger partial charge on any atom is 0.329 e. The standard InChI is InChI=1S/C10H7Br2N5O2/c11-5-2-1-3-6(12)8(5)15-9-7(17(18)19)4-14-10(13)16-9/h1-4H,(H3,13,14,15,16). The van der Waals surface area contributed by atoms with E-state index in [0.29, 0.717) is 5.69 Å². The molecule has 0 amide bonds. The SMILES string of the molecule is Nc1ncc([N+](=O)[O-])c(Nc2c(Br)cccc2Br)n1. The van der Waals surface area contributed by atoms with Gasteiger partial charge < -0.3 is 11.1 Å². The summed E-state index contributed by atoms with van der Waals surface area (Å²) < 4.78 is 1.46. The largest absolute Gasteiger partial charge is 0.368 e. The Kier molecular flexibility index (Phi) is 3.96. The summed E-state index contributed by atoms with van der Waals surface area (Å²) in [5, 5.41) is 13.8. The molecule has 1 heterocycles. The van der Waals surface area contributed by atoms with Crippen molar-refractivity contribution in [3.63, 3.8) is 0 Å². The number of aromatic nitrogens is 2. The Morgan fingerprint density at radius 2 is 1.95 bits per heavy atom. The fourth-order valence-corrected chi connectivity index (χ4v) is 2.55. The third-order valence-corrected chi connectivity index (χ3v) is 3.51. The van der Waals surface area contributed by atoms with Crippen molar-refractivity contribution in [2.24, 2.45) is 0 Å². The second kappa shape index (κ2) is 5.49. The number of hydrogen-bond acceptors (Lipinski definition) is 6. The van der Waals surface area contributed by atoms with Crippen LogP contribution in [0.15, 0.2) is 33.3 Å². The molecule has 0 radical (unpaired) electrons. The van der Waals surface area contributed by atoms with Crippen LogP contribution in [0.4, 0.5) is 23.1 Å². The van der Waals surface area contributed by atoms with E-state index in [4.69, 9.17) is 5.73 Å². The van der Waals surface area contributed by atoms with Gasteiger partial charge in [0.2, 0.25) is 11.8 Å². The van der Waals surface area contributed by atoms with Crippen molar-refractivity contribution in [1.82, 2.24) is 9.97 Å². The molecule has 0 atom stereocenters. The molecule has 3 N–H and O–H groups in total. The van der Waals surface area contributed by atoms with E-state index in [1.807, 2.05) is 6.07 Å². The van der Waals surface area contributed by atoms with Gasteiger partial charge in [-0.3, -0.25) is 10.1 Å². The first kappa shape index (κ1) is 13.7. The van der Waals surface area contributed by atoms with Gasteiger partial charge in [0.15, 0.2) is 0 Å². The molecule has 9 heteroatoms. The Balaban J connectivity index is 2.49. The van der Waals surface area contributed by atoms with Crippen molar-refractivity contribution < 1.29 is 4.92 Å².